The van der Waals surface area contributed by atoms with Gasteiger partial charge in [-0.1, -0.05) is 18.7 Å². The predicted octanol–water partition coefficient (Wildman–Crippen LogP) is 1.33. The van der Waals surface area contributed by atoms with Crippen LogP contribution in [0.15, 0.2) is 0 Å². The Hall–Kier alpha value is -0.180. The minimum Gasteiger partial charge on any atom is -0.391 e. The lowest BCUT2D eigenvalue weighted by atomic mass is 10.1. The van der Waals surface area contributed by atoms with Crippen molar-refractivity contribution in [1.82, 2.24) is 9.80 Å². The quantitative estimate of drug-likeness (QED) is 0.0844. The van der Waals surface area contributed by atoms with Gasteiger partial charge in [0, 0.05) is 25.9 Å². The van der Waals surface area contributed by atoms with Gasteiger partial charge in [-0.2, -0.15) is 12.6 Å². The van der Waals surface area contributed by atoms with Crippen molar-refractivity contribution in [3.63, 3.8) is 0 Å². The standard InChI is InChI=1S/C20H39N3O10P2S2/c21-7-3-1-2-5-19(25)23-12-18(10-16(23)14-32-35(29,30)37)33-34(27,28)31-13-15-9-17(24)11-22(15)20(26)6-4-8-36/h15-18,24,36H,1-14,21H2,(H,27,28)(H2,29,30,37)/t15-,16-,17?,18+/m0/s1. The highest BCUT2D eigenvalue weighted by atomic mass is 32.7. The van der Waals surface area contributed by atoms with Crippen LogP contribution in [-0.2, 0) is 32.3 Å². The van der Waals surface area contributed by atoms with Gasteiger partial charge >= 0.3 is 14.6 Å². The molecule has 0 aromatic carbocycles. The average molecular weight is 608 g/mol. The summed E-state index contributed by atoms with van der Waals surface area (Å²) in [5.41, 5.74) is 5.48. The Morgan fingerprint density at radius 2 is 1.51 bits per heavy atom. The molecule has 2 rings (SSSR count). The molecule has 0 saturated carbocycles. The smallest absolute Gasteiger partial charge is 0.391 e. The van der Waals surface area contributed by atoms with Gasteiger partial charge in [-0.15, -0.1) is 0 Å². The zero-order valence-electron chi connectivity index (χ0n) is 20.7. The summed E-state index contributed by atoms with van der Waals surface area (Å²) in [6, 6.07) is -1.25. The van der Waals surface area contributed by atoms with Crippen molar-refractivity contribution in [3.8, 4) is 0 Å². The number of nitrogens with zero attached hydrogens (tertiary/aromatic N) is 2. The average Bonchev–Trinajstić information content (AvgIpc) is 3.39. The van der Waals surface area contributed by atoms with Crippen molar-refractivity contribution >= 4 is 51.3 Å². The van der Waals surface area contributed by atoms with Gasteiger partial charge in [-0.25, -0.2) is 9.13 Å². The highest BCUT2D eigenvalue weighted by molar-refractivity contribution is 8.44. The molecule has 0 radical (unpaired) electrons. The van der Waals surface area contributed by atoms with Crippen molar-refractivity contribution in [2.45, 2.75) is 75.7 Å². The highest BCUT2D eigenvalue weighted by Crippen LogP contribution is 2.49. The van der Waals surface area contributed by atoms with Crippen molar-refractivity contribution in [3.05, 3.63) is 0 Å². The molecule has 0 bridgehead atoms. The van der Waals surface area contributed by atoms with Crippen molar-refractivity contribution in [2.75, 3.05) is 38.6 Å². The number of β-amino-alcohol motifs (C(OH)–C–C–N with tert-alkyl or cyclic N) is 1. The van der Waals surface area contributed by atoms with Crippen LogP contribution in [0.3, 0.4) is 0 Å². The maximum absolute atomic E-state index is 12.8. The van der Waals surface area contributed by atoms with E-state index in [-0.39, 0.29) is 63.8 Å². The van der Waals surface area contributed by atoms with Crippen molar-refractivity contribution in [1.29, 1.82) is 0 Å². The fourth-order valence-corrected chi connectivity index (χ4v) is 6.14. The van der Waals surface area contributed by atoms with Gasteiger partial charge in [0.2, 0.25) is 11.8 Å². The molecule has 2 amide bonds. The number of phosphoric acid groups is 1. The highest BCUT2D eigenvalue weighted by Gasteiger charge is 2.41. The normalized spacial score (nSPS) is 27.3. The van der Waals surface area contributed by atoms with E-state index in [1.54, 1.807) is 0 Å². The summed E-state index contributed by atoms with van der Waals surface area (Å²) in [4.78, 5) is 47.7. The van der Waals surface area contributed by atoms with E-state index in [1.165, 1.54) is 9.80 Å². The molecule has 2 aliphatic rings. The Morgan fingerprint density at radius 1 is 0.919 bits per heavy atom. The zero-order chi connectivity index (χ0) is 27.6. The lowest BCUT2D eigenvalue weighted by molar-refractivity contribution is -0.133. The number of likely N-dealkylation sites (tertiary alicyclic amines) is 2. The van der Waals surface area contributed by atoms with Gasteiger partial charge in [-0.3, -0.25) is 23.2 Å². The van der Waals surface area contributed by atoms with Crippen LogP contribution >= 0.6 is 39.5 Å². The SMILES string of the molecule is NCCCCCC(=O)N1C[C@H](OP(=O)(O)OC[C@@H]2CC(O)CN2C(=O)CCCS)C[C@H]1COP(=O)(O)S. The van der Waals surface area contributed by atoms with E-state index in [9.17, 15) is 33.6 Å². The first kappa shape index (κ1) is 33.0. The second-order valence-corrected chi connectivity index (χ2v) is 13.8. The monoisotopic (exact) mass is 607 g/mol. The molecule has 37 heavy (non-hydrogen) atoms. The van der Waals surface area contributed by atoms with Crippen LogP contribution in [0.1, 0.15) is 51.4 Å². The molecule has 216 valence electrons. The second-order valence-electron chi connectivity index (χ2n) is 9.23. The number of amides is 2. The molecule has 2 saturated heterocycles. The summed E-state index contributed by atoms with van der Waals surface area (Å²) in [5.74, 6) is 0.0955. The summed E-state index contributed by atoms with van der Waals surface area (Å²) in [6.07, 6.45) is 1.80. The molecular weight excluding hydrogens is 568 g/mol. The third-order valence-corrected chi connectivity index (χ3v) is 8.39. The lowest BCUT2D eigenvalue weighted by Gasteiger charge is -2.25. The van der Waals surface area contributed by atoms with E-state index in [0.717, 1.165) is 12.8 Å². The molecular formula is C20H39N3O10P2S2. The number of aliphatic hydroxyl groups excluding tert-OH is 1. The molecule has 2 fully saturated rings. The number of aliphatic hydroxyl groups is 1. The first-order valence-electron chi connectivity index (χ1n) is 12.3. The molecule has 17 heteroatoms. The number of hydrogen-bond acceptors (Lipinski definition) is 10. The van der Waals surface area contributed by atoms with E-state index in [1.807, 2.05) is 0 Å². The Balaban J connectivity index is 1.96. The molecule has 6 atom stereocenters. The summed E-state index contributed by atoms with van der Waals surface area (Å²) < 4.78 is 39.5. The van der Waals surface area contributed by atoms with Crippen LogP contribution in [0.4, 0.5) is 0 Å². The number of nitrogens with two attached hydrogens (primary N) is 1. The van der Waals surface area contributed by atoms with Crippen LogP contribution in [0.25, 0.3) is 0 Å². The maximum Gasteiger partial charge on any atom is 0.472 e. The minimum absolute atomic E-state index is 0.0313. The third-order valence-electron chi connectivity index (χ3n) is 6.20. The first-order chi connectivity index (χ1) is 17.3. The topological polar surface area (TPSA) is 189 Å². The zero-order valence-corrected chi connectivity index (χ0v) is 24.2. The van der Waals surface area contributed by atoms with Crippen LogP contribution in [0.5, 0.6) is 0 Å². The molecule has 5 N–H and O–H groups in total. The van der Waals surface area contributed by atoms with E-state index >= 15 is 0 Å². The number of rotatable bonds is 16. The summed E-state index contributed by atoms with van der Waals surface area (Å²) in [7, 11) is -4.60. The molecule has 2 aliphatic heterocycles. The van der Waals surface area contributed by atoms with Crippen LogP contribution in [-0.4, -0.2) is 99.4 Å². The Kier molecular flexibility index (Phi) is 13.9. The predicted molar refractivity (Wildman–Crippen MR) is 142 cm³/mol. The number of thiol groups is 2. The van der Waals surface area contributed by atoms with Gasteiger partial charge in [0.25, 0.3) is 0 Å². The fraction of sp³-hybridized carbons (Fsp3) is 0.900. The van der Waals surface area contributed by atoms with Gasteiger partial charge in [0.15, 0.2) is 0 Å². The maximum atomic E-state index is 12.8. The van der Waals surface area contributed by atoms with Crippen LogP contribution < -0.4 is 5.73 Å². The molecule has 0 spiro atoms. The van der Waals surface area contributed by atoms with E-state index in [4.69, 9.17) is 19.3 Å². The Bertz CT molecular complexity index is 851. The van der Waals surface area contributed by atoms with E-state index in [0.29, 0.717) is 25.1 Å². The fourth-order valence-electron chi connectivity index (χ4n) is 4.47. The Labute approximate surface area is 228 Å². The molecule has 3 unspecified atom stereocenters. The van der Waals surface area contributed by atoms with Crippen LogP contribution in [0.2, 0.25) is 0 Å². The third kappa shape index (κ3) is 11.8. The largest absolute Gasteiger partial charge is 0.472 e. The summed E-state index contributed by atoms with van der Waals surface area (Å²) in [5, 5.41) is 9.99. The van der Waals surface area contributed by atoms with E-state index in [2.05, 4.69) is 24.9 Å². The molecule has 0 aromatic rings. The molecule has 13 nitrogen and oxygen atoms in total. The van der Waals surface area contributed by atoms with Crippen molar-refractivity contribution < 1.29 is 47.2 Å². The van der Waals surface area contributed by atoms with Gasteiger partial charge in [0.05, 0.1) is 37.5 Å². The lowest BCUT2D eigenvalue weighted by Crippen LogP contribution is -2.38. The number of carbonyl (C=O) groups is 2. The van der Waals surface area contributed by atoms with Gasteiger partial charge in [0.1, 0.15) is 0 Å². The number of unbranched alkanes of at least 4 members (excludes halogenated alkanes) is 2. The number of carbonyl (C=O) groups excluding carboxylic acids is 2. The van der Waals surface area contributed by atoms with Crippen molar-refractivity contribution in [2.24, 2.45) is 5.73 Å². The minimum atomic E-state index is -4.60. The first-order valence-corrected chi connectivity index (χ1v) is 17.1. The van der Waals surface area contributed by atoms with Crippen LogP contribution in [0, 0.1) is 0 Å². The molecule has 0 aliphatic carbocycles. The number of hydrogen-bond donors (Lipinski definition) is 6. The van der Waals surface area contributed by atoms with E-state index < -0.39 is 38.9 Å². The molecule has 0 aromatic heterocycles. The molecule has 2 heterocycles. The van der Waals surface area contributed by atoms with Gasteiger partial charge < -0.3 is 30.4 Å². The second kappa shape index (κ2) is 15.6. The Morgan fingerprint density at radius 3 is 2.14 bits per heavy atom. The summed E-state index contributed by atoms with van der Waals surface area (Å²) in [6.45, 7) is -4.11. The van der Waals surface area contributed by atoms with Gasteiger partial charge in [-0.05, 0) is 44.4 Å². The summed E-state index contributed by atoms with van der Waals surface area (Å²) >= 11 is 7.58. The number of phosphoric ester groups is 1.